The maximum atomic E-state index is 12.7. The van der Waals surface area contributed by atoms with Crippen molar-refractivity contribution >= 4 is 52.9 Å². The van der Waals surface area contributed by atoms with E-state index in [0.717, 1.165) is 0 Å². The molecule has 43 heavy (non-hydrogen) atoms. The van der Waals surface area contributed by atoms with Gasteiger partial charge in [0.15, 0.2) is 0 Å². The molecule has 0 bridgehead atoms. The molecular weight excluding hydrogens is 730 g/mol. The molecule has 0 aromatic rings. The summed E-state index contributed by atoms with van der Waals surface area (Å²) in [6.45, 7) is 1.71. The van der Waals surface area contributed by atoms with Gasteiger partial charge in [-0.2, -0.15) is 0 Å². The van der Waals surface area contributed by atoms with E-state index in [2.05, 4.69) is 31.7 Å². The predicted molar refractivity (Wildman–Crippen MR) is 130 cm³/mol. The lowest BCUT2D eigenvalue weighted by Gasteiger charge is -2.48. The Kier molecular flexibility index (Phi) is 14.7. The Balaban J connectivity index is 3.98. The lowest BCUT2D eigenvalue weighted by atomic mass is 9.85. The molecular formula is C12H28O25P6. The number of hydrogen-bond acceptors (Lipinski definition) is 14. The number of phosphoric acid groups is 6. The third kappa shape index (κ3) is 16.5. The van der Waals surface area contributed by atoms with Gasteiger partial charge in [0.1, 0.15) is 36.6 Å². The molecule has 0 saturated heterocycles. The molecule has 3 unspecified atom stereocenters. The zero-order valence-electron chi connectivity index (χ0n) is 21.1. The molecule has 0 radical (unpaired) electrons. The van der Waals surface area contributed by atoms with Crippen LogP contribution in [0.25, 0.3) is 0 Å². The van der Waals surface area contributed by atoms with Gasteiger partial charge < -0.3 is 53.5 Å². The van der Waals surface area contributed by atoms with Crippen LogP contribution in [-0.4, -0.2) is 96.4 Å². The second kappa shape index (κ2) is 15.4. The van der Waals surface area contributed by atoms with E-state index in [4.69, 9.17) is 0 Å². The number of phosphoric ester groups is 6. The zero-order chi connectivity index (χ0) is 33.8. The normalized spacial score (nSPS) is 27.4. The van der Waals surface area contributed by atoms with Crippen molar-refractivity contribution in [1.29, 1.82) is 0 Å². The van der Waals surface area contributed by atoms with Crippen LogP contribution in [-0.2, 0) is 63.9 Å². The number of rotatable bonds is 17. The molecule has 256 valence electrons. The Morgan fingerprint density at radius 1 is 0.488 bits per heavy atom. The first-order valence-electron chi connectivity index (χ1n) is 11.0. The van der Waals surface area contributed by atoms with Gasteiger partial charge in [-0.15, -0.1) is 0 Å². The average molecular weight is 758 g/mol. The van der Waals surface area contributed by atoms with Crippen molar-refractivity contribution in [2.45, 2.75) is 69.2 Å². The maximum Gasteiger partial charge on any atom is 0.530 e. The molecule has 0 heterocycles. The molecule has 1 saturated carbocycles. The largest absolute Gasteiger partial charge is 0.530 e. The van der Waals surface area contributed by atoms with E-state index >= 15 is 0 Å². The molecule has 1 aliphatic rings. The van der Waals surface area contributed by atoms with Crippen molar-refractivity contribution in [2.75, 3.05) is 0 Å². The molecule has 0 aromatic carbocycles. The van der Waals surface area contributed by atoms with Crippen LogP contribution in [0.1, 0.15) is 32.6 Å². The highest BCUT2D eigenvalue weighted by molar-refractivity contribution is 7.48. The van der Waals surface area contributed by atoms with E-state index in [1.54, 1.807) is 6.92 Å². The highest BCUT2D eigenvalue weighted by Gasteiger charge is 2.63. The van der Waals surface area contributed by atoms with Gasteiger partial charge in [-0.25, -0.2) is 27.4 Å². The van der Waals surface area contributed by atoms with Crippen LogP contribution in [0.3, 0.4) is 0 Å². The fourth-order valence-electron chi connectivity index (χ4n) is 3.50. The predicted octanol–water partition coefficient (Wildman–Crippen LogP) is -1.00. The van der Waals surface area contributed by atoms with Gasteiger partial charge in [-0.3, -0.25) is 36.8 Å². The van der Waals surface area contributed by atoms with Crippen LogP contribution in [0, 0.1) is 0 Å². The second-order valence-electron chi connectivity index (χ2n) is 8.26. The number of carbonyl (C=O) groups is 1. The van der Waals surface area contributed by atoms with Gasteiger partial charge in [-0.1, -0.05) is 19.8 Å². The lowest BCUT2D eigenvalue weighted by Crippen LogP contribution is -2.66. The van der Waals surface area contributed by atoms with E-state index < -0.39 is 96.0 Å². The minimum absolute atomic E-state index is 0.0877. The second-order valence-corrected chi connectivity index (χ2v) is 15.6. The molecule has 0 aliphatic heterocycles. The fourth-order valence-corrected chi connectivity index (χ4v) is 7.23. The Morgan fingerprint density at radius 2 is 0.744 bits per heavy atom. The van der Waals surface area contributed by atoms with Gasteiger partial charge in [-0.05, 0) is 6.42 Å². The van der Waals surface area contributed by atoms with Gasteiger partial charge in [0.25, 0.3) is 0 Å². The van der Waals surface area contributed by atoms with Crippen LogP contribution in [0.15, 0.2) is 0 Å². The van der Waals surface area contributed by atoms with Crippen molar-refractivity contribution < 1.29 is 118 Å². The van der Waals surface area contributed by atoms with Gasteiger partial charge in [0, 0.05) is 6.42 Å². The van der Waals surface area contributed by atoms with E-state index in [0.29, 0.717) is 12.8 Å². The molecule has 25 nitrogen and oxygen atoms in total. The van der Waals surface area contributed by atoms with Crippen molar-refractivity contribution in [1.82, 2.24) is 0 Å². The summed E-state index contributed by atoms with van der Waals surface area (Å²) in [4.78, 5) is 116. The first-order valence-corrected chi connectivity index (χ1v) is 20.1. The zero-order valence-corrected chi connectivity index (χ0v) is 26.5. The van der Waals surface area contributed by atoms with Crippen molar-refractivity contribution in [3.05, 3.63) is 0 Å². The highest BCUT2D eigenvalue weighted by Crippen LogP contribution is 2.58. The number of carbonyl (C=O) groups excluding carboxylic acids is 1. The molecule has 0 aromatic heterocycles. The van der Waals surface area contributed by atoms with E-state index in [-0.39, 0.29) is 6.42 Å². The average Bonchev–Trinajstić information content (AvgIpc) is 2.71. The number of hydrogen-bond donors (Lipinski definition) is 11. The summed E-state index contributed by atoms with van der Waals surface area (Å²) in [5, 5.41) is 0. The maximum absolute atomic E-state index is 12.7. The van der Waals surface area contributed by atoms with Gasteiger partial charge >= 0.3 is 52.9 Å². The van der Waals surface area contributed by atoms with E-state index in [9.17, 15) is 86.0 Å². The highest BCUT2D eigenvalue weighted by atomic mass is 31.2. The third-order valence-electron chi connectivity index (χ3n) is 4.69. The lowest BCUT2D eigenvalue weighted by molar-refractivity contribution is -0.202. The first kappa shape index (κ1) is 41.2. The summed E-state index contributed by atoms with van der Waals surface area (Å²) in [6, 6.07) is 0. The summed E-state index contributed by atoms with van der Waals surface area (Å²) in [5.41, 5.74) is 0. The van der Waals surface area contributed by atoms with E-state index in [1.165, 1.54) is 0 Å². The molecule has 11 N–H and O–H groups in total. The Hall–Kier alpha value is 0.170. The summed E-state index contributed by atoms with van der Waals surface area (Å²) in [5.74, 6) is -1.47. The molecule has 7 atom stereocenters. The Labute approximate surface area is 240 Å². The first-order chi connectivity index (χ1) is 19.0. The summed E-state index contributed by atoms with van der Waals surface area (Å²) in [6.07, 6.45) is -18.6. The quantitative estimate of drug-likeness (QED) is 0.0625. The molecule has 1 rings (SSSR count). The molecule has 1 fully saturated rings. The minimum atomic E-state index is -6.09. The summed E-state index contributed by atoms with van der Waals surface area (Å²) in [7, 11) is -36.4. The number of unbranched alkanes of at least 4 members (excludes halogenated alkanes) is 2. The minimum Gasteiger partial charge on any atom is -0.371 e. The van der Waals surface area contributed by atoms with Crippen molar-refractivity contribution in [2.24, 2.45) is 0 Å². The monoisotopic (exact) mass is 758 g/mol. The third-order valence-corrected chi connectivity index (χ3v) is 8.23. The fraction of sp³-hybridized carbons (Fsp3) is 0.917. The van der Waals surface area contributed by atoms with E-state index in [1.807, 2.05) is 0 Å². The van der Waals surface area contributed by atoms with Gasteiger partial charge in [0.05, 0.1) is 0 Å². The van der Waals surface area contributed by atoms with Crippen LogP contribution in [0.5, 0.6) is 0 Å². The van der Waals surface area contributed by atoms with Crippen LogP contribution >= 0.6 is 46.9 Å². The Bertz CT molecular complexity index is 1180. The standard InChI is InChI=1S/C12H28O25P6/c1-2-3-4-5-6(13)31-43(29,30)37-12-10(35-41(23,24)25)8(33-39(17,18)19)7(32-38(14,15)16)9(34-40(20,21)22)11(12)36-42(26,27)28/h7-12H,2-5H2,1H3,(H,29,30)(H2,14,15,16)(H2,17,18,19)(H2,20,21,22)(H2,23,24,25)(H2,26,27,28)/t7?,8-,9+,10+,11-,12?. The topological polar surface area (TPSA) is 407 Å². The van der Waals surface area contributed by atoms with Crippen LogP contribution in [0.2, 0.25) is 0 Å². The van der Waals surface area contributed by atoms with Crippen molar-refractivity contribution in [3.8, 4) is 0 Å². The van der Waals surface area contributed by atoms with Gasteiger partial charge in [0.2, 0.25) is 0 Å². The molecule has 0 amide bonds. The SMILES string of the molecule is CCCCCC(=O)OP(=O)(O)OC1[C@@H](OP(=O)(O)O)[C@H](OP(=O)(O)O)C(OP(=O)(O)O)[C@H](OP(=O)(O)O)[C@H]1OP(=O)(O)O. The smallest absolute Gasteiger partial charge is 0.371 e. The molecule has 0 spiro atoms. The van der Waals surface area contributed by atoms with Crippen molar-refractivity contribution in [3.63, 3.8) is 0 Å². The van der Waals surface area contributed by atoms with Crippen LogP contribution < -0.4 is 0 Å². The van der Waals surface area contributed by atoms with Crippen LogP contribution in [0.4, 0.5) is 0 Å². The summed E-state index contributed by atoms with van der Waals surface area (Å²) < 4.78 is 101. The molecule has 31 heteroatoms. The Morgan fingerprint density at radius 3 is 0.977 bits per heavy atom. The molecule has 1 aliphatic carbocycles. The summed E-state index contributed by atoms with van der Waals surface area (Å²) >= 11 is 0.